The molecular weight excluding hydrogens is 291 g/mol. The molecule has 0 radical (unpaired) electrons. The van der Waals surface area contributed by atoms with E-state index < -0.39 is 0 Å². The molecule has 2 aliphatic heterocycles. The fourth-order valence-corrected chi connectivity index (χ4v) is 2.71. The summed E-state index contributed by atoms with van der Waals surface area (Å²) in [4.78, 5) is 2.58. The highest BCUT2D eigenvalue weighted by atomic mass is 127. The van der Waals surface area contributed by atoms with Crippen molar-refractivity contribution in [3.8, 4) is 0 Å². The summed E-state index contributed by atoms with van der Waals surface area (Å²) in [5.74, 6) is 6.56. The van der Waals surface area contributed by atoms with E-state index in [1.54, 1.807) is 0 Å². The summed E-state index contributed by atoms with van der Waals surface area (Å²) in [6.07, 6.45) is 1.28. The van der Waals surface area contributed by atoms with Gasteiger partial charge in [-0.1, -0.05) is 0 Å². The third-order valence-electron chi connectivity index (χ3n) is 3.15. The third-order valence-corrected chi connectivity index (χ3v) is 4.12. The molecular formula is C9H19IN4. The number of rotatable bonds is 2. The van der Waals surface area contributed by atoms with Crippen LogP contribution in [0.5, 0.6) is 0 Å². The van der Waals surface area contributed by atoms with Crippen LogP contribution in [0.15, 0.2) is 0 Å². The molecule has 0 aromatic rings. The van der Waals surface area contributed by atoms with Gasteiger partial charge in [0, 0.05) is 68.7 Å². The van der Waals surface area contributed by atoms with E-state index in [9.17, 15) is 0 Å². The van der Waals surface area contributed by atoms with Crippen molar-refractivity contribution in [2.24, 2.45) is 11.8 Å². The predicted octanol–water partition coefficient (Wildman–Crippen LogP) is 0.150. The van der Waals surface area contributed by atoms with Crippen LogP contribution in [0, 0.1) is 5.92 Å². The lowest BCUT2D eigenvalue weighted by Crippen LogP contribution is -2.44. The molecule has 14 heavy (non-hydrogen) atoms. The van der Waals surface area contributed by atoms with E-state index in [4.69, 9.17) is 5.84 Å². The quantitative estimate of drug-likeness (QED) is 0.447. The molecule has 0 aromatic carbocycles. The van der Waals surface area contributed by atoms with E-state index in [0.29, 0.717) is 0 Å². The zero-order valence-electron chi connectivity index (χ0n) is 8.53. The number of piperazine rings is 1. The van der Waals surface area contributed by atoms with Crippen LogP contribution in [0.25, 0.3) is 0 Å². The first-order chi connectivity index (χ1) is 6.74. The minimum atomic E-state index is 0.806. The molecule has 2 fully saturated rings. The summed E-state index contributed by atoms with van der Waals surface area (Å²) in [5, 5.41) is 1.96. The van der Waals surface area contributed by atoms with Gasteiger partial charge in [-0.05, 0) is 12.3 Å². The lowest BCUT2D eigenvalue weighted by molar-refractivity contribution is 0.177. The van der Waals surface area contributed by atoms with Crippen LogP contribution < -0.4 is 5.84 Å². The molecule has 0 saturated carbocycles. The number of hydrogen-bond donors (Lipinski definition) is 1. The van der Waals surface area contributed by atoms with Crippen LogP contribution >= 0.6 is 22.9 Å². The van der Waals surface area contributed by atoms with E-state index in [1.807, 2.05) is 5.01 Å². The third kappa shape index (κ3) is 3.03. The largest absolute Gasteiger partial charge is 0.300 e. The van der Waals surface area contributed by atoms with E-state index in [1.165, 1.54) is 39.1 Å². The number of hydrazine groups is 1. The Bertz CT molecular complexity index is 182. The molecule has 0 amide bonds. The SMILES string of the molecule is NN1CCC(CN2CCN(I)CC2)C1. The Balaban J connectivity index is 1.70. The lowest BCUT2D eigenvalue weighted by atomic mass is 10.1. The normalized spacial score (nSPS) is 32.6. The highest BCUT2D eigenvalue weighted by Gasteiger charge is 2.24. The van der Waals surface area contributed by atoms with Crippen LogP contribution in [0.4, 0.5) is 0 Å². The highest BCUT2D eigenvalue weighted by molar-refractivity contribution is 14.1. The second-order valence-electron chi connectivity index (χ2n) is 4.36. The van der Waals surface area contributed by atoms with Gasteiger partial charge < -0.3 is 4.90 Å². The minimum absolute atomic E-state index is 0.806. The van der Waals surface area contributed by atoms with Crippen molar-refractivity contribution in [3.63, 3.8) is 0 Å². The van der Waals surface area contributed by atoms with E-state index >= 15 is 0 Å². The summed E-state index contributed by atoms with van der Waals surface area (Å²) in [5.41, 5.74) is 0. The van der Waals surface area contributed by atoms with Crippen LogP contribution in [-0.2, 0) is 0 Å². The molecule has 2 heterocycles. The van der Waals surface area contributed by atoms with Crippen LogP contribution in [-0.4, -0.2) is 58.8 Å². The summed E-state index contributed by atoms with van der Waals surface area (Å²) in [6.45, 7) is 8.28. The molecule has 4 nitrogen and oxygen atoms in total. The van der Waals surface area contributed by atoms with Gasteiger partial charge in [0.2, 0.25) is 0 Å². The predicted molar refractivity (Wildman–Crippen MR) is 65.9 cm³/mol. The topological polar surface area (TPSA) is 35.7 Å². The Morgan fingerprint density at radius 3 is 2.43 bits per heavy atom. The van der Waals surface area contributed by atoms with Crippen LogP contribution in [0.3, 0.4) is 0 Å². The number of halogens is 1. The molecule has 2 N–H and O–H groups in total. The van der Waals surface area contributed by atoms with Gasteiger partial charge >= 0.3 is 0 Å². The van der Waals surface area contributed by atoms with Crippen molar-refractivity contribution in [1.82, 2.24) is 13.0 Å². The highest BCUT2D eigenvalue weighted by Crippen LogP contribution is 2.16. The molecule has 0 aromatic heterocycles. The maximum atomic E-state index is 5.76. The maximum absolute atomic E-state index is 5.76. The van der Waals surface area contributed by atoms with E-state index in [2.05, 4.69) is 30.9 Å². The second-order valence-corrected chi connectivity index (χ2v) is 5.72. The van der Waals surface area contributed by atoms with Gasteiger partial charge in [-0.2, -0.15) is 0 Å². The molecule has 82 valence electrons. The van der Waals surface area contributed by atoms with Crippen LogP contribution in [0.1, 0.15) is 6.42 Å². The Morgan fingerprint density at radius 2 is 1.86 bits per heavy atom. The van der Waals surface area contributed by atoms with Crippen LogP contribution in [0.2, 0.25) is 0 Å². The molecule has 2 rings (SSSR count). The molecule has 2 aliphatic rings. The first-order valence-electron chi connectivity index (χ1n) is 5.37. The van der Waals surface area contributed by atoms with Crippen molar-refractivity contribution < 1.29 is 0 Å². The Kier molecular flexibility index (Phi) is 4.01. The first-order valence-corrected chi connectivity index (χ1v) is 6.33. The van der Waals surface area contributed by atoms with Crippen molar-refractivity contribution in [1.29, 1.82) is 0 Å². The molecule has 2 saturated heterocycles. The van der Waals surface area contributed by atoms with Gasteiger partial charge in [-0.25, -0.2) is 8.12 Å². The number of nitrogens with two attached hydrogens (primary N) is 1. The second kappa shape index (κ2) is 5.07. The monoisotopic (exact) mass is 310 g/mol. The minimum Gasteiger partial charge on any atom is -0.300 e. The average molecular weight is 310 g/mol. The fraction of sp³-hybridized carbons (Fsp3) is 1.00. The fourth-order valence-electron chi connectivity index (χ4n) is 2.28. The first kappa shape index (κ1) is 11.1. The average Bonchev–Trinajstić information content (AvgIpc) is 2.56. The van der Waals surface area contributed by atoms with Gasteiger partial charge in [0.1, 0.15) is 0 Å². The molecule has 5 heteroatoms. The Hall–Kier alpha value is 0.570. The van der Waals surface area contributed by atoms with E-state index in [0.717, 1.165) is 19.0 Å². The Labute approximate surface area is 99.9 Å². The van der Waals surface area contributed by atoms with Crippen molar-refractivity contribution >= 4 is 22.9 Å². The van der Waals surface area contributed by atoms with Gasteiger partial charge in [-0.3, -0.25) is 5.84 Å². The summed E-state index contributed by atoms with van der Waals surface area (Å²) >= 11 is 2.41. The Morgan fingerprint density at radius 1 is 1.14 bits per heavy atom. The smallest absolute Gasteiger partial charge is 0.0209 e. The summed E-state index contributed by atoms with van der Waals surface area (Å²) < 4.78 is 2.37. The number of hydrogen-bond acceptors (Lipinski definition) is 4. The van der Waals surface area contributed by atoms with Gasteiger partial charge in [-0.15, -0.1) is 0 Å². The van der Waals surface area contributed by atoms with Gasteiger partial charge in [0.25, 0.3) is 0 Å². The molecule has 0 spiro atoms. The molecule has 1 atom stereocenters. The summed E-state index contributed by atoms with van der Waals surface area (Å²) in [7, 11) is 0. The molecule has 1 unspecified atom stereocenters. The van der Waals surface area contributed by atoms with Gasteiger partial charge in [0.05, 0.1) is 0 Å². The van der Waals surface area contributed by atoms with Crippen molar-refractivity contribution in [2.75, 3.05) is 45.8 Å². The lowest BCUT2D eigenvalue weighted by Gasteiger charge is -2.32. The van der Waals surface area contributed by atoms with E-state index in [-0.39, 0.29) is 0 Å². The van der Waals surface area contributed by atoms with Crippen molar-refractivity contribution in [3.05, 3.63) is 0 Å². The zero-order chi connectivity index (χ0) is 9.97. The van der Waals surface area contributed by atoms with Gasteiger partial charge in [0.15, 0.2) is 0 Å². The maximum Gasteiger partial charge on any atom is 0.0209 e. The standard InChI is InChI=1S/C9H19IN4/c10-13-5-3-12(4-6-13)7-9-1-2-14(11)8-9/h9H,1-8,11H2. The van der Waals surface area contributed by atoms with Crippen molar-refractivity contribution in [2.45, 2.75) is 6.42 Å². The molecule has 0 aliphatic carbocycles. The molecule has 0 bridgehead atoms. The number of nitrogens with zero attached hydrogens (tertiary/aromatic N) is 3. The summed E-state index contributed by atoms with van der Waals surface area (Å²) in [6, 6.07) is 0. The zero-order valence-corrected chi connectivity index (χ0v) is 10.7.